The molecule has 0 bridgehead atoms. The van der Waals surface area contributed by atoms with Gasteiger partial charge in [-0.15, -0.1) is 0 Å². The third-order valence-electron chi connectivity index (χ3n) is 0.776. The average Bonchev–Trinajstić information content (AvgIpc) is 1.80. The Balaban J connectivity index is 3.60. The summed E-state index contributed by atoms with van der Waals surface area (Å²) >= 11 is 0. The Kier molecular flexibility index (Phi) is 4.79. The van der Waals surface area contributed by atoms with Crippen molar-refractivity contribution in [2.24, 2.45) is 4.99 Å². The van der Waals surface area contributed by atoms with Gasteiger partial charge in [0.2, 0.25) is 0 Å². The first kappa shape index (κ1) is 8.15. The van der Waals surface area contributed by atoms with Crippen LogP contribution in [0.3, 0.4) is 0 Å². The van der Waals surface area contributed by atoms with Gasteiger partial charge in [0.25, 0.3) is 0 Å². The Bertz CT molecular complexity index is 137. The normalized spacial score (nSPS) is 11.0. The lowest BCUT2D eigenvalue weighted by Crippen LogP contribution is -1.62. The number of hydrogen-bond acceptors (Lipinski definition) is 1. The van der Waals surface area contributed by atoms with E-state index in [2.05, 4.69) is 18.8 Å². The van der Waals surface area contributed by atoms with Crippen LogP contribution in [0.1, 0.15) is 13.8 Å². The highest BCUT2D eigenvalue weighted by Gasteiger charge is 1.67. The van der Waals surface area contributed by atoms with Crippen molar-refractivity contribution in [3.05, 3.63) is 23.8 Å². The highest BCUT2D eigenvalue weighted by atomic mass is 14.6. The van der Waals surface area contributed by atoms with Crippen LogP contribution in [0.15, 0.2) is 28.8 Å². The number of allylic oxidation sites excluding steroid dienone is 4. The fourth-order valence-corrected chi connectivity index (χ4v) is 0.384. The lowest BCUT2D eigenvalue weighted by molar-refractivity contribution is 1.39. The van der Waals surface area contributed by atoms with Crippen LogP contribution in [-0.2, 0) is 0 Å². The lowest BCUT2D eigenvalue weighted by Gasteiger charge is -1.78. The van der Waals surface area contributed by atoms with Crippen LogP contribution in [0, 0.1) is 0 Å². The van der Waals surface area contributed by atoms with Crippen molar-refractivity contribution in [3.63, 3.8) is 0 Å². The quantitative estimate of drug-likeness (QED) is 0.394. The monoisotopic (exact) mass is 123 g/mol. The van der Waals surface area contributed by atoms with Gasteiger partial charge in [-0.3, -0.25) is 4.99 Å². The summed E-state index contributed by atoms with van der Waals surface area (Å²) < 4.78 is 0. The number of aliphatic imine (C=N–C) groups is 1. The van der Waals surface area contributed by atoms with E-state index in [1.807, 2.05) is 18.2 Å². The average molecular weight is 123 g/mol. The molecule has 0 atom stereocenters. The maximum Gasteiger partial charge on any atom is 0.0277 e. The van der Waals surface area contributed by atoms with E-state index >= 15 is 0 Å². The lowest BCUT2D eigenvalue weighted by atomic mass is 10.3. The summed E-state index contributed by atoms with van der Waals surface area (Å²) in [5.41, 5.74) is 1.30. The molecule has 50 valence electrons. The van der Waals surface area contributed by atoms with Gasteiger partial charge in [0.1, 0.15) is 0 Å². The maximum absolute atomic E-state index is 3.79. The molecule has 0 aliphatic heterocycles. The molecule has 0 saturated heterocycles. The Labute approximate surface area is 56.8 Å². The molecule has 1 heteroatoms. The molecule has 0 fully saturated rings. The van der Waals surface area contributed by atoms with Gasteiger partial charge in [-0.2, -0.15) is 0 Å². The fourth-order valence-electron chi connectivity index (χ4n) is 0.384. The van der Waals surface area contributed by atoms with Crippen molar-refractivity contribution in [2.75, 3.05) is 7.05 Å². The molecule has 0 radical (unpaired) electrons. The fraction of sp³-hybridized carbons (Fsp3) is 0.375. The van der Waals surface area contributed by atoms with E-state index in [1.165, 1.54) is 5.57 Å². The molecule has 0 spiro atoms. The second-order valence-electron chi connectivity index (χ2n) is 2.04. The molecular weight excluding hydrogens is 110 g/mol. The van der Waals surface area contributed by atoms with E-state index in [4.69, 9.17) is 0 Å². The van der Waals surface area contributed by atoms with Crippen LogP contribution >= 0.6 is 0 Å². The third kappa shape index (κ3) is 7.15. The van der Waals surface area contributed by atoms with Crippen molar-refractivity contribution in [1.29, 1.82) is 0 Å². The molecule has 0 aliphatic rings. The smallest absolute Gasteiger partial charge is 0.0277 e. The van der Waals surface area contributed by atoms with Gasteiger partial charge >= 0.3 is 0 Å². The maximum atomic E-state index is 3.79. The minimum atomic E-state index is 1.30. The Morgan fingerprint density at radius 3 is 2.33 bits per heavy atom. The van der Waals surface area contributed by atoms with E-state index < -0.39 is 0 Å². The van der Waals surface area contributed by atoms with Crippen molar-refractivity contribution < 1.29 is 0 Å². The van der Waals surface area contributed by atoms with E-state index in [0.29, 0.717) is 0 Å². The summed E-state index contributed by atoms with van der Waals surface area (Å²) in [4.78, 5) is 3.79. The summed E-state index contributed by atoms with van der Waals surface area (Å²) in [5, 5.41) is 0. The van der Waals surface area contributed by atoms with Gasteiger partial charge in [-0.25, -0.2) is 0 Å². The largest absolute Gasteiger partial charge is 0.297 e. The molecule has 0 aliphatic carbocycles. The third-order valence-corrected chi connectivity index (χ3v) is 0.776. The summed E-state index contributed by atoms with van der Waals surface area (Å²) in [6.45, 7) is 4.13. The predicted octanol–water partition coefficient (Wildman–Crippen LogP) is 2.21. The molecule has 0 unspecified atom stereocenters. The predicted molar refractivity (Wildman–Crippen MR) is 43.0 cm³/mol. The van der Waals surface area contributed by atoms with Crippen molar-refractivity contribution in [2.45, 2.75) is 13.8 Å². The highest BCUT2D eigenvalue weighted by molar-refractivity contribution is 5.71. The van der Waals surface area contributed by atoms with E-state index in [9.17, 15) is 0 Å². The Morgan fingerprint density at radius 2 is 1.89 bits per heavy atom. The zero-order valence-corrected chi connectivity index (χ0v) is 6.26. The molecule has 0 aromatic carbocycles. The van der Waals surface area contributed by atoms with Gasteiger partial charge < -0.3 is 0 Å². The van der Waals surface area contributed by atoms with Gasteiger partial charge in [-0.05, 0) is 19.9 Å². The van der Waals surface area contributed by atoms with Gasteiger partial charge in [-0.1, -0.05) is 17.7 Å². The minimum absolute atomic E-state index is 1.30. The zero-order chi connectivity index (χ0) is 7.11. The van der Waals surface area contributed by atoms with Crippen molar-refractivity contribution >= 4 is 6.21 Å². The highest BCUT2D eigenvalue weighted by Crippen LogP contribution is 1.87. The topological polar surface area (TPSA) is 12.4 Å². The number of hydrogen-bond donors (Lipinski definition) is 0. The first-order valence-electron chi connectivity index (χ1n) is 2.99. The molecule has 0 aromatic rings. The van der Waals surface area contributed by atoms with Gasteiger partial charge in [0.05, 0.1) is 0 Å². The van der Waals surface area contributed by atoms with E-state index in [0.717, 1.165) is 0 Å². The number of nitrogens with zero attached hydrogens (tertiary/aromatic N) is 1. The van der Waals surface area contributed by atoms with Crippen LogP contribution in [0.4, 0.5) is 0 Å². The van der Waals surface area contributed by atoms with Gasteiger partial charge in [0.15, 0.2) is 0 Å². The first-order valence-corrected chi connectivity index (χ1v) is 2.99. The van der Waals surface area contributed by atoms with Crippen LogP contribution in [0.2, 0.25) is 0 Å². The second kappa shape index (κ2) is 5.29. The SMILES string of the molecule is C/N=C\C=C/C=C(C)C. The molecule has 0 N–H and O–H groups in total. The van der Waals surface area contributed by atoms with Crippen LogP contribution in [0.5, 0.6) is 0 Å². The summed E-state index contributed by atoms with van der Waals surface area (Å²) in [6.07, 6.45) is 7.69. The summed E-state index contributed by atoms with van der Waals surface area (Å²) in [6, 6.07) is 0. The molecule has 1 nitrogen and oxygen atoms in total. The Hall–Kier alpha value is -0.850. The molecule has 0 heterocycles. The zero-order valence-electron chi connectivity index (χ0n) is 6.26. The molecule has 0 amide bonds. The van der Waals surface area contributed by atoms with Crippen molar-refractivity contribution in [3.8, 4) is 0 Å². The van der Waals surface area contributed by atoms with E-state index in [-0.39, 0.29) is 0 Å². The Morgan fingerprint density at radius 1 is 1.22 bits per heavy atom. The van der Waals surface area contributed by atoms with Gasteiger partial charge in [0, 0.05) is 13.3 Å². The van der Waals surface area contributed by atoms with Crippen LogP contribution in [-0.4, -0.2) is 13.3 Å². The van der Waals surface area contributed by atoms with Crippen LogP contribution in [0.25, 0.3) is 0 Å². The molecule has 0 aromatic heterocycles. The molecule has 0 saturated carbocycles. The molecular formula is C8H13N. The van der Waals surface area contributed by atoms with E-state index in [1.54, 1.807) is 13.3 Å². The van der Waals surface area contributed by atoms with Crippen LogP contribution < -0.4 is 0 Å². The van der Waals surface area contributed by atoms with Crippen molar-refractivity contribution in [1.82, 2.24) is 0 Å². The second-order valence-corrected chi connectivity index (χ2v) is 2.04. The summed E-state index contributed by atoms with van der Waals surface area (Å²) in [7, 11) is 1.76. The summed E-state index contributed by atoms with van der Waals surface area (Å²) in [5.74, 6) is 0. The standard InChI is InChI=1S/C8H13N/c1-8(2)6-4-5-7-9-3/h4-7H,1-3H3/b5-4-,9-7-. The minimum Gasteiger partial charge on any atom is -0.297 e. The number of rotatable bonds is 2. The first-order chi connectivity index (χ1) is 4.27. The molecule has 9 heavy (non-hydrogen) atoms. The molecule has 0 rings (SSSR count).